The lowest BCUT2D eigenvalue weighted by atomic mass is 10.0. The summed E-state index contributed by atoms with van der Waals surface area (Å²) in [6, 6.07) is 4.29. The van der Waals surface area contributed by atoms with Crippen LogP contribution in [0.1, 0.15) is 32.8 Å². The second-order valence-electron chi connectivity index (χ2n) is 5.87. The highest BCUT2D eigenvalue weighted by Crippen LogP contribution is 2.23. The minimum atomic E-state index is -1.26. The van der Waals surface area contributed by atoms with E-state index in [4.69, 9.17) is 27.9 Å². The third kappa shape index (κ3) is 7.00. The maximum absolute atomic E-state index is 11.8. The molecule has 0 unspecified atom stereocenters. The molecule has 5 nitrogen and oxygen atoms in total. The Kier molecular flexibility index (Phi) is 6.50. The standard InChI is InChI=1S/C15H19Cl2NO4/c1-15(2,3)22-14(21)18-10(8-13(19)20)6-9-4-5-11(16)12(17)7-9/h4-5,7,10H,6,8H2,1-3H3,(H,18,21)(H,19,20)/p-1/t10-/m1/s1. The van der Waals surface area contributed by atoms with Crippen LogP contribution in [0.15, 0.2) is 18.2 Å². The molecule has 1 aromatic rings. The molecule has 1 amide bonds. The van der Waals surface area contributed by atoms with Crippen molar-refractivity contribution in [1.29, 1.82) is 0 Å². The van der Waals surface area contributed by atoms with Gasteiger partial charge in [0.05, 0.1) is 10.0 Å². The van der Waals surface area contributed by atoms with E-state index in [0.29, 0.717) is 10.0 Å². The summed E-state index contributed by atoms with van der Waals surface area (Å²) in [7, 11) is 0. The second kappa shape index (κ2) is 7.70. The number of carbonyl (C=O) groups is 2. The zero-order chi connectivity index (χ0) is 16.9. The van der Waals surface area contributed by atoms with Crippen molar-refractivity contribution in [3.05, 3.63) is 33.8 Å². The van der Waals surface area contributed by atoms with Gasteiger partial charge in [0.25, 0.3) is 0 Å². The van der Waals surface area contributed by atoms with Crippen LogP contribution in [0.4, 0.5) is 4.79 Å². The van der Waals surface area contributed by atoms with Crippen molar-refractivity contribution in [2.24, 2.45) is 0 Å². The zero-order valence-electron chi connectivity index (χ0n) is 12.6. The number of nitrogens with one attached hydrogen (secondary N) is 1. The van der Waals surface area contributed by atoms with Gasteiger partial charge in [-0.3, -0.25) is 0 Å². The van der Waals surface area contributed by atoms with Crippen molar-refractivity contribution in [3.8, 4) is 0 Å². The van der Waals surface area contributed by atoms with Gasteiger partial charge in [-0.2, -0.15) is 0 Å². The Bertz CT molecular complexity index is 555. The molecular weight excluding hydrogens is 329 g/mol. The Morgan fingerprint density at radius 2 is 1.91 bits per heavy atom. The van der Waals surface area contributed by atoms with Gasteiger partial charge < -0.3 is 20.0 Å². The highest BCUT2D eigenvalue weighted by molar-refractivity contribution is 6.42. The first kappa shape index (κ1) is 18.6. The molecule has 0 aromatic heterocycles. The highest BCUT2D eigenvalue weighted by Gasteiger charge is 2.20. The van der Waals surface area contributed by atoms with E-state index in [1.165, 1.54) is 0 Å². The quantitative estimate of drug-likeness (QED) is 0.888. The largest absolute Gasteiger partial charge is 0.550 e. The van der Waals surface area contributed by atoms with E-state index in [1.54, 1.807) is 39.0 Å². The average molecular weight is 347 g/mol. The molecule has 1 atom stereocenters. The number of carboxylic acids is 1. The smallest absolute Gasteiger partial charge is 0.407 e. The number of hydrogen-bond donors (Lipinski definition) is 1. The van der Waals surface area contributed by atoms with Crippen LogP contribution >= 0.6 is 23.2 Å². The summed E-state index contributed by atoms with van der Waals surface area (Å²) >= 11 is 11.8. The number of benzene rings is 1. The summed E-state index contributed by atoms with van der Waals surface area (Å²) in [5.41, 5.74) is 0.0800. The molecule has 0 saturated carbocycles. The van der Waals surface area contributed by atoms with Gasteiger partial charge in [0.2, 0.25) is 0 Å². The van der Waals surface area contributed by atoms with Gasteiger partial charge in [-0.25, -0.2) is 4.79 Å². The number of alkyl carbamates (subject to hydrolysis) is 1. The first-order valence-corrected chi connectivity index (χ1v) is 7.45. The predicted molar refractivity (Wildman–Crippen MR) is 82.9 cm³/mol. The number of halogens is 2. The molecule has 0 aliphatic heterocycles. The van der Waals surface area contributed by atoms with Gasteiger partial charge in [0, 0.05) is 18.4 Å². The number of ether oxygens (including phenoxy) is 1. The summed E-state index contributed by atoms with van der Waals surface area (Å²) in [6.07, 6.45) is -0.748. The Balaban J connectivity index is 2.77. The molecule has 0 aliphatic rings. The number of carboxylic acid groups (broad SMARTS) is 1. The summed E-state index contributed by atoms with van der Waals surface area (Å²) in [6.45, 7) is 5.16. The molecule has 0 radical (unpaired) electrons. The number of carbonyl (C=O) groups excluding carboxylic acids is 2. The van der Waals surface area contributed by atoms with Crippen LogP contribution in [-0.2, 0) is 16.0 Å². The lowest BCUT2D eigenvalue weighted by Crippen LogP contribution is -2.43. The van der Waals surface area contributed by atoms with Crippen LogP contribution in [0.25, 0.3) is 0 Å². The fourth-order valence-corrected chi connectivity index (χ4v) is 2.12. The Morgan fingerprint density at radius 1 is 1.27 bits per heavy atom. The molecule has 0 aliphatic carbocycles. The van der Waals surface area contributed by atoms with Crippen LogP contribution in [0.5, 0.6) is 0 Å². The average Bonchev–Trinajstić information content (AvgIpc) is 2.30. The van der Waals surface area contributed by atoms with Crippen LogP contribution in [0.2, 0.25) is 10.0 Å². The summed E-state index contributed by atoms with van der Waals surface area (Å²) in [5, 5.41) is 14.1. The highest BCUT2D eigenvalue weighted by atomic mass is 35.5. The third-order valence-corrected chi connectivity index (χ3v) is 3.34. The molecule has 1 N–H and O–H groups in total. The van der Waals surface area contributed by atoms with Crippen molar-refractivity contribution in [2.75, 3.05) is 0 Å². The molecule has 1 rings (SSSR count). The fourth-order valence-electron chi connectivity index (χ4n) is 1.80. The minimum absolute atomic E-state index is 0.268. The van der Waals surface area contributed by atoms with Crippen LogP contribution in [0, 0.1) is 0 Å². The Hall–Kier alpha value is -1.46. The minimum Gasteiger partial charge on any atom is -0.550 e. The van der Waals surface area contributed by atoms with Crippen molar-refractivity contribution >= 4 is 35.3 Å². The predicted octanol–water partition coefficient (Wildman–Crippen LogP) is 2.57. The van der Waals surface area contributed by atoms with Crippen molar-refractivity contribution < 1.29 is 19.4 Å². The van der Waals surface area contributed by atoms with Gasteiger partial charge in [-0.15, -0.1) is 0 Å². The normalized spacial score (nSPS) is 12.6. The van der Waals surface area contributed by atoms with Crippen LogP contribution in [-0.4, -0.2) is 23.7 Å². The molecule has 0 fully saturated rings. The van der Waals surface area contributed by atoms with Gasteiger partial charge in [-0.05, 0) is 44.9 Å². The van der Waals surface area contributed by atoms with Gasteiger partial charge >= 0.3 is 6.09 Å². The zero-order valence-corrected chi connectivity index (χ0v) is 14.1. The molecule has 0 heterocycles. The topological polar surface area (TPSA) is 78.5 Å². The molecule has 7 heteroatoms. The monoisotopic (exact) mass is 346 g/mol. The molecular formula is C15H18Cl2NO4-. The summed E-state index contributed by atoms with van der Waals surface area (Å²) < 4.78 is 5.12. The van der Waals surface area contributed by atoms with Gasteiger partial charge in [0.15, 0.2) is 0 Å². The first-order chi connectivity index (χ1) is 10.1. The summed E-state index contributed by atoms with van der Waals surface area (Å²) in [5.74, 6) is -1.26. The lowest BCUT2D eigenvalue weighted by molar-refractivity contribution is -0.306. The van der Waals surface area contributed by atoms with E-state index in [9.17, 15) is 14.7 Å². The van der Waals surface area contributed by atoms with Crippen molar-refractivity contribution in [3.63, 3.8) is 0 Å². The number of aliphatic carboxylic acids is 1. The molecule has 0 saturated heterocycles. The van der Waals surface area contributed by atoms with E-state index < -0.39 is 23.7 Å². The second-order valence-corrected chi connectivity index (χ2v) is 6.69. The number of amides is 1. The van der Waals surface area contributed by atoms with Crippen molar-refractivity contribution in [2.45, 2.75) is 45.3 Å². The van der Waals surface area contributed by atoms with E-state index in [1.807, 2.05) is 0 Å². The molecule has 1 aromatic carbocycles. The maximum Gasteiger partial charge on any atom is 0.407 e. The lowest BCUT2D eigenvalue weighted by Gasteiger charge is -2.24. The fraction of sp³-hybridized carbons (Fsp3) is 0.467. The van der Waals surface area contributed by atoms with Gasteiger partial charge in [0.1, 0.15) is 5.60 Å². The van der Waals surface area contributed by atoms with E-state index in [0.717, 1.165) is 5.56 Å². The molecule has 0 bridgehead atoms. The SMILES string of the molecule is CC(C)(C)OC(=O)N[C@@H](CC(=O)[O-])Cc1ccc(Cl)c(Cl)c1. The van der Waals surface area contributed by atoms with Crippen molar-refractivity contribution in [1.82, 2.24) is 5.32 Å². The molecule has 0 spiro atoms. The summed E-state index contributed by atoms with van der Waals surface area (Å²) in [4.78, 5) is 22.6. The van der Waals surface area contributed by atoms with Crippen LogP contribution < -0.4 is 10.4 Å². The Labute approximate surface area is 139 Å². The first-order valence-electron chi connectivity index (χ1n) is 6.70. The van der Waals surface area contributed by atoms with E-state index in [2.05, 4.69) is 5.32 Å². The number of rotatable bonds is 5. The van der Waals surface area contributed by atoms with Crippen LogP contribution in [0.3, 0.4) is 0 Å². The van der Waals surface area contributed by atoms with E-state index >= 15 is 0 Å². The third-order valence-electron chi connectivity index (χ3n) is 2.60. The molecule has 122 valence electrons. The van der Waals surface area contributed by atoms with E-state index in [-0.39, 0.29) is 12.8 Å². The Morgan fingerprint density at radius 3 is 2.41 bits per heavy atom. The molecule has 22 heavy (non-hydrogen) atoms. The maximum atomic E-state index is 11.8. The number of hydrogen-bond acceptors (Lipinski definition) is 4. The van der Waals surface area contributed by atoms with Gasteiger partial charge in [-0.1, -0.05) is 29.3 Å².